The van der Waals surface area contributed by atoms with Crippen LogP contribution in [0, 0.1) is 5.82 Å². The van der Waals surface area contributed by atoms with Crippen molar-refractivity contribution in [2.75, 3.05) is 13.1 Å². The molecule has 0 unspecified atom stereocenters. The van der Waals surface area contributed by atoms with Crippen molar-refractivity contribution < 1.29 is 19.1 Å². The maximum atomic E-state index is 13.1. The van der Waals surface area contributed by atoms with E-state index in [-0.39, 0.29) is 31.1 Å². The molecule has 4 nitrogen and oxygen atoms in total. The maximum Gasteiger partial charge on any atom is 0.305 e. The fourth-order valence-electron chi connectivity index (χ4n) is 1.82. The van der Waals surface area contributed by atoms with E-state index >= 15 is 0 Å². The van der Waals surface area contributed by atoms with Gasteiger partial charge in [-0.25, -0.2) is 4.39 Å². The van der Waals surface area contributed by atoms with E-state index < -0.39 is 5.97 Å². The van der Waals surface area contributed by atoms with Crippen LogP contribution in [-0.2, 0) is 16.0 Å². The molecule has 0 aliphatic carbocycles. The number of amides is 1. The number of hydrogen-bond donors (Lipinski definition) is 1. The summed E-state index contributed by atoms with van der Waals surface area (Å²) in [7, 11) is 0. The summed E-state index contributed by atoms with van der Waals surface area (Å²) in [6, 6.07) is 4.35. The predicted octanol–water partition coefficient (Wildman–Crippen LogP) is 2.84. The van der Waals surface area contributed by atoms with Crippen molar-refractivity contribution in [2.24, 2.45) is 0 Å². The van der Waals surface area contributed by atoms with E-state index in [9.17, 15) is 14.0 Å². The highest BCUT2D eigenvalue weighted by atomic mass is 79.9. The van der Waals surface area contributed by atoms with Crippen LogP contribution in [0.4, 0.5) is 4.39 Å². The largest absolute Gasteiger partial charge is 0.481 e. The average Bonchev–Trinajstić information content (AvgIpc) is 2.40. The number of carboxylic acids is 1. The van der Waals surface area contributed by atoms with Gasteiger partial charge in [0.1, 0.15) is 5.82 Å². The van der Waals surface area contributed by atoms with Gasteiger partial charge in [0.05, 0.1) is 6.42 Å². The molecule has 1 rings (SSSR count). The van der Waals surface area contributed by atoms with E-state index in [1.807, 2.05) is 0 Å². The third-order valence-electron chi connectivity index (χ3n) is 2.95. The first-order valence-corrected chi connectivity index (χ1v) is 7.16. The summed E-state index contributed by atoms with van der Waals surface area (Å²) in [5.41, 5.74) is 0.729. The zero-order chi connectivity index (χ0) is 15.1. The number of carbonyl (C=O) groups is 2. The Hall–Kier alpha value is -1.43. The van der Waals surface area contributed by atoms with Crippen LogP contribution in [0.25, 0.3) is 0 Å². The molecule has 110 valence electrons. The Morgan fingerprint density at radius 1 is 1.35 bits per heavy atom. The summed E-state index contributed by atoms with van der Waals surface area (Å²) in [6.07, 6.45) is 0.583. The Balaban J connectivity index is 2.56. The van der Waals surface area contributed by atoms with Crippen LogP contribution in [0.3, 0.4) is 0 Å². The van der Waals surface area contributed by atoms with Crippen molar-refractivity contribution in [1.82, 2.24) is 4.90 Å². The highest BCUT2D eigenvalue weighted by Gasteiger charge is 2.13. The van der Waals surface area contributed by atoms with Gasteiger partial charge in [0, 0.05) is 24.0 Å². The van der Waals surface area contributed by atoms with Gasteiger partial charge in [0.25, 0.3) is 0 Å². The second-order valence-corrected chi connectivity index (χ2v) is 5.21. The van der Waals surface area contributed by atoms with Crippen LogP contribution in [0.2, 0.25) is 0 Å². The van der Waals surface area contributed by atoms with Crippen LogP contribution in [0.5, 0.6) is 0 Å². The maximum absolute atomic E-state index is 13.1. The number of hydrogen-bond acceptors (Lipinski definition) is 2. The highest BCUT2D eigenvalue weighted by Crippen LogP contribution is 2.19. The monoisotopic (exact) mass is 345 g/mol. The molecule has 0 atom stereocenters. The summed E-state index contributed by atoms with van der Waals surface area (Å²) >= 11 is 3.32. The molecular weight excluding hydrogens is 329 g/mol. The molecule has 1 aromatic rings. The number of carbonyl (C=O) groups excluding carboxylic acids is 1. The lowest BCUT2D eigenvalue weighted by molar-refractivity contribution is -0.138. The Labute approximate surface area is 125 Å². The third kappa shape index (κ3) is 5.28. The Morgan fingerprint density at radius 3 is 2.65 bits per heavy atom. The van der Waals surface area contributed by atoms with Crippen molar-refractivity contribution in [2.45, 2.75) is 26.2 Å². The molecule has 1 amide bonds. The minimum absolute atomic E-state index is 0.0662. The van der Waals surface area contributed by atoms with Gasteiger partial charge in [-0.2, -0.15) is 0 Å². The number of carboxylic acid groups (broad SMARTS) is 1. The van der Waals surface area contributed by atoms with Crippen molar-refractivity contribution in [3.8, 4) is 0 Å². The minimum atomic E-state index is -0.927. The van der Waals surface area contributed by atoms with E-state index in [4.69, 9.17) is 5.11 Å². The van der Waals surface area contributed by atoms with Crippen LogP contribution < -0.4 is 0 Å². The van der Waals surface area contributed by atoms with Gasteiger partial charge < -0.3 is 10.0 Å². The molecule has 0 aliphatic rings. The first-order valence-electron chi connectivity index (χ1n) is 6.37. The fraction of sp³-hybridized carbons (Fsp3) is 0.429. The van der Waals surface area contributed by atoms with Crippen molar-refractivity contribution in [3.05, 3.63) is 34.1 Å². The lowest BCUT2D eigenvalue weighted by Gasteiger charge is -2.20. The van der Waals surface area contributed by atoms with Gasteiger partial charge in [-0.3, -0.25) is 9.59 Å². The standard InChI is InChI=1S/C14H17BrFNO3/c1-2-17(8-7-14(19)20)13(18)6-3-10-9-11(16)4-5-12(10)15/h4-5,9H,2-3,6-8H2,1H3,(H,19,20). The molecule has 1 aromatic carbocycles. The lowest BCUT2D eigenvalue weighted by Crippen LogP contribution is -2.33. The van der Waals surface area contributed by atoms with Gasteiger partial charge in [0.2, 0.25) is 5.91 Å². The second kappa shape index (κ2) is 7.99. The zero-order valence-corrected chi connectivity index (χ0v) is 12.8. The van der Waals surface area contributed by atoms with Crippen molar-refractivity contribution >= 4 is 27.8 Å². The average molecular weight is 346 g/mol. The molecule has 0 radical (unpaired) electrons. The summed E-state index contributed by atoms with van der Waals surface area (Å²) in [6.45, 7) is 2.48. The highest BCUT2D eigenvalue weighted by molar-refractivity contribution is 9.10. The third-order valence-corrected chi connectivity index (χ3v) is 3.72. The molecule has 0 saturated carbocycles. The van der Waals surface area contributed by atoms with E-state index in [1.54, 1.807) is 13.0 Å². The topological polar surface area (TPSA) is 57.6 Å². The van der Waals surface area contributed by atoms with Crippen molar-refractivity contribution in [3.63, 3.8) is 0 Å². The van der Waals surface area contributed by atoms with Gasteiger partial charge in [0.15, 0.2) is 0 Å². The minimum Gasteiger partial charge on any atom is -0.481 e. The predicted molar refractivity (Wildman–Crippen MR) is 76.9 cm³/mol. The number of halogens is 2. The second-order valence-electron chi connectivity index (χ2n) is 4.35. The summed E-state index contributed by atoms with van der Waals surface area (Å²) in [4.78, 5) is 24.0. The number of aliphatic carboxylic acids is 1. The molecule has 0 aliphatic heterocycles. The Morgan fingerprint density at radius 2 is 2.05 bits per heavy atom. The fourth-order valence-corrected chi connectivity index (χ4v) is 2.27. The molecule has 0 saturated heterocycles. The molecule has 0 bridgehead atoms. The van der Waals surface area contributed by atoms with Crippen LogP contribution in [0.1, 0.15) is 25.3 Å². The van der Waals surface area contributed by atoms with Gasteiger partial charge in [-0.15, -0.1) is 0 Å². The molecule has 1 N–H and O–H groups in total. The normalized spacial score (nSPS) is 10.3. The smallest absolute Gasteiger partial charge is 0.305 e. The van der Waals surface area contributed by atoms with E-state index in [2.05, 4.69) is 15.9 Å². The zero-order valence-electron chi connectivity index (χ0n) is 11.2. The Bertz CT molecular complexity index is 493. The first kappa shape index (κ1) is 16.6. The van der Waals surface area contributed by atoms with Gasteiger partial charge >= 0.3 is 5.97 Å². The van der Waals surface area contributed by atoms with Crippen molar-refractivity contribution in [1.29, 1.82) is 0 Å². The van der Waals surface area contributed by atoms with E-state index in [0.717, 1.165) is 10.0 Å². The summed E-state index contributed by atoms with van der Waals surface area (Å²) < 4.78 is 13.9. The van der Waals surface area contributed by atoms with Crippen LogP contribution in [0.15, 0.2) is 22.7 Å². The number of nitrogens with zero attached hydrogens (tertiary/aromatic N) is 1. The van der Waals surface area contributed by atoms with E-state index in [1.165, 1.54) is 17.0 Å². The molecule has 0 heterocycles. The van der Waals surface area contributed by atoms with Crippen LogP contribution in [-0.4, -0.2) is 35.0 Å². The molecule has 0 aromatic heterocycles. The first-order chi connectivity index (χ1) is 9.43. The van der Waals surface area contributed by atoms with E-state index in [0.29, 0.717) is 13.0 Å². The number of aryl methyl sites for hydroxylation is 1. The Kier molecular flexibility index (Phi) is 6.64. The summed E-state index contributed by atoms with van der Waals surface area (Å²) in [5, 5.41) is 8.63. The molecule has 0 fully saturated rings. The van der Waals surface area contributed by atoms with Gasteiger partial charge in [-0.1, -0.05) is 15.9 Å². The molecule has 0 spiro atoms. The number of benzene rings is 1. The number of rotatable bonds is 7. The summed E-state index contributed by atoms with van der Waals surface area (Å²) in [5.74, 6) is -1.39. The SMILES string of the molecule is CCN(CCC(=O)O)C(=O)CCc1cc(F)ccc1Br. The molecular formula is C14H17BrFNO3. The van der Waals surface area contributed by atoms with Gasteiger partial charge in [-0.05, 0) is 37.1 Å². The lowest BCUT2D eigenvalue weighted by atomic mass is 10.1. The van der Waals surface area contributed by atoms with Crippen LogP contribution >= 0.6 is 15.9 Å². The quantitative estimate of drug-likeness (QED) is 0.826. The molecule has 6 heteroatoms. The molecule has 20 heavy (non-hydrogen) atoms.